The van der Waals surface area contributed by atoms with Gasteiger partial charge < -0.3 is 15.2 Å². The van der Waals surface area contributed by atoms with Crippen LogP contribution in [0.4, 0.5) is 0 Å². The van der Waals surface area contributed by atoms with E-state index in [4.69, 9.17) is 9.72 Å². The van der Waals surface area contributed by atoms with E-state index in [0.29, 0.717) is 5.92 Å². The molecule has 2 aromatic rings. The lowest BCUT2D eigenvalue weighted by Crippen LogP contribution is -2.39. The molecule has 0 radical (unpaired) electrons. The number of nitrogens with zero attached hydrogens (tertiary/aromatic N) is 3. The molecular weight excluding hydrogens is 340 g/mol. The van der Waals surface area contributed by atoms with Crippen LogP contribution in [-0.2, 0) is 19.5 Å². The van der Waals surface area contributed by atoms with Crippen molar-refractivity contribution in [3.63, 3.8) is 0 Å². The number of ether oxygens (including phenoxy) is 1. The van der Waals surface area contributed by atoms with Crippen LogP contribution in [0.25, 0.3) is 0 Å². The molecule has 0 bridgehead atoms. The summed E-state index contributed by atoms with van der Waals surface area (Å²) >= 11 is 0. The zero-order chi connectivity index (χ0) is 18.6. The fourth-order valence-corrected chi connectivity index (χ4v) is 4.04. The number of aliphatic hydroxyl groups excluding tert-OH is 1. The highest BCUT2D eigenvalue weighted by Gasteiger charge is 2.27. The van der Waals surface area contributed by atoms with Crippen LogP contribution < -0.4 is 10.1 Å². The number of rotatable bonds is 6. The number of fused-ring (bicyclic) bond motifs is 1. The molecular formula is C21H28N4O2. The summed E-state index contributed by atoms with van der Waals surface area (Å²) in [5.74, 6) is 2.11. The van der Waals surface area contributed by atoms with Crippen LogP contribution in [0, 0.1) is 5.92 Å². The summed E-state index contributed by atoms with van der Waals surface area (Å²) in [7, 11) is 1.67. The van der Waals surface area contributed by atoms with E-state index in [1.54, 1.807) is 7.11 Å². The third-order valence-electron chi connectivity index (χ3n) is 5.67. The Balaban J connectivity index is 1.36. The Labute approximate surface area is 160 Å². The molecule has 6 heteroatoms. The van der Waals surface area contributed by atoms with Crippen LogP contribution in [0.3, 0.4) is 0 Å². The Morgan fingerprint density at radius 2 is 2.00 bits per heavy atom. The standard InChI is InChI=1S/C21H28N4O2/c1-27-18-4-2-15(3-5-18)10-21-23-11-17-12-25(13-19(17)24-21)14-20(26)16-6-8-22-9-7-16/h2-5,11,16,20,22,26H,6-10,12-14H2,1H3. The van der Waals surface area contributed by atoms with Gasteiger partial charge in [-0.3, -0.25) is 4.90 Å². The van der Waals surface area contributed by atoms with Crippen molar-refractivity contribution < 1.29 is 9.84 Å². The molecule has 2 N–H and O–H groups in total. The maximum absolute atomic E-state index is 10.6. The second-order valence-corrected chi connectivity index (χ2v) is 7.61. The van der Waals surface area contributed by atoms with Crippen molar-refractivity contribution in [2.75, 3.05) is 26.7 Å². The molecule has 1 fully saturated rings. The van der Waals surface area contributed by atoms with Gasteiger partial charge in [-0.1, -0.05) is 12.1 Å². The van der Waals surface area contributed by atoms with E-state index in [1.807, 2.05) is 18.3 Å². The molecule has 0 amide bonds. The van der Waals surface area contributed by atoms with E-state index in [1.165, 1.54) is 11.1 Å². The van der Waals surface area contributed by atoms with Gasteiger partial charge in [0, 0.05) is 37.8 Å². The zero-order valence-corrected chi connectivity index (χ0v) is 15.9. The average Bonchev–Trinajstić information content (AvgIpc) is 3.10. The van der Waals surface area contributed by atoms with Gasteiger partial charge in [0.2, 0.25) is 0 Å². The van der Waals surface area contributed by atoms with Gasteiger partial charge in [-0.15, -0.1) is 0 Å². The van der Waals surface area contributed by atoms with Crippen molar-refractivity contribution in [1.29, 1.82) is 0 Å². The topological polar surface area (TPSA) is 70.5 Å². The molecule has 2 aliphatic heterocycles. The van der Waals surface area contributed by atoms with Gasteiger partial charge >= 0.3 is 0 Å². The normalized spacial score (nSPS) is 19.0. The van der Waals surface area contributed by atoms with E-state index in [2.05, 4.69) is 27.3 Å². The van der Waals surface area contributed by atoms with E-state index >= 15 is 0 Å². The maximum atomic E-state index is 10.6. The van der Waals surface area contributed by atoms with Gasteiger partial charge in [0.25, 0.3) is 0 Å². The summed E-state index contributed by atoms with van der Waals surface area (Å²) in [4.78, 5) is 11.6. The van der Waals surface area contributed by atoms with Crippen molar-refractivity contribution in [2.45, 2.75) is 38.5 Å². The van der Waals surface area contributed by atoms with Gasteiger partial charge in [0.05, 0.1) is 18.9 Å². The van der Waals surface area contributed by atoms with Gasteiger partial charge in [0.15, 0.2) is 0 Å². The first kappa shape index (κ1) is 18.3. The number of piperidine rings is 1. The van der Waals surface area contributed by atoms with Crippen LogP contribution in [-0.4, -0.2) is 52.8 Å². The van der Waals surface area contributed by atoms with Crippen LogP contribution in [0.5, 0.6) is 5.75 Å². The fraction of sp³-hybridized carbons (Fsp3) is 0.524. The van der Waals surface area contributed by atoms with E-state index in [-0.39, 0.29) is 6.10 Å². The molecule has 27 heavy (non-hydrogen) atoms. The Bertz CT molecular complexity index is 759. The molecule has 4 rings (SSSR count). The Morgan fingerprint density at radius 3 is 2.74 bits per heavy atom. The molecule has 0 spiro atoms. The largest absolute Gasteiger partial charge is 0.497 e. The van der Waals surface area contributed by atoms with Crippen molar-refractivity contribution in [3.8, 4) is 5.75 Å². The number of methoxy groups -OCH3 is 1. The minimum atomic E-state index is -0.256. The molecule has 3 heterocycles. The Hall–Kier alpha value is -2.02. The minimum Gasteiger partial charge on any atom is -0.497 e. The summed E-state index contributed by atoms with van der Waals surface area (Å²) < 4.78 is 5.21. The molecule has 0 saturated carbocycles. The molecule has 2 aliphatic rings. The first-order chi connectivity index (χ1) is 13.2. The summed E-state index contributed by atoms with van der Waals surface area (Å²) in [6.07, 6.45) is 4.54. The quantitative estimate of drug-likeness (QED) is 0.810. The summed E-state index contributed by atoms with van der Waals surface area (Å²) in [6.45, 7) is 4.38. The molecule has 1 aromatic carbocycles. The monoisotopic (exact) mass is 368 g/mol. The van der Waals surface area contributed by atoms with Gasteiger partial charge in [-0.2, -0.15) is 0 Å². The highest BCUT2D eigenvalue weighted by atomic mass is 16.5. The van der Waals surface area contributed by atoms with Crippen LogP contribution in [0.15, 0.2) is 30.5 Å². The second kappa shape index (κ2) is 8.33. The van der Waals surface area contributed by atoms with Crippen molar-refractivity contribution in [1.82, 2.24) is 20.2 Å². The third-order valence-corrected chi connectivity index (χ3v) is 5.67. The SMILES string of the molecule is COc1ccc(Cc2ncc3c(n2)CN(CC(O)C2CCNCC2)C3)cc1. The number of aromatic nitrogens is 2. The second-order valence-electron chi connectivity index (χ2n) is 7.61. The lowest BCUT2D eigenvalue weighted by Gasteiger charge is -2.29. The van der Waals surface area contributed by atoms with Crippen molar-refractivity contribution in [2.24, 2.45) is 5.92 Å². The number of hydrogen-bond donors (Lipinski definition) is 2. The smallest absolute Gasteiger partial charge is 0.132 e. The van der Waals surface area contributed by atoms with Crippen LogP contribution in [0.1, 0.15) is 35.5 Å². The van der Waals surface area contributed by atoms with E-state index in [0.717, 1.165) is 69.3 Å². The predicted molar refractivity (Wildman–Crippen MR) is 104 cm³/mol. The molecule has 6 nitrogen and oxygen atoms in total. The Kier molecular flexibility index (Phi) is 5.66. The molecule has 1 atom stereocenters. The van der Waals surface area contributed by atoms with Crippen molar-refractivity contribution in [3.05, 3.63) is 53.1 Å². The predicted octanol–water partition coefficient (Wildman–Crippen LogP) is 1.75. The summed E-state index contributed by atoms with van der Waals surface area (Å²) in [6, 6.07) is 8.04. The van der Waals surface area contributed by atoms with Crippen molar-refractivity contribution >= 4 is 0 Å². The molecule has 144 valence electrons. The van der Waals surface area contributed by atoms with Gasteiger partial charge in [-0.25, -0.2) is 9.97 Å². The lowest BCUT2D eigenvalue weighted by molar-refractivity contribution is 0.0493. The number of hydrogen-bond acceptors (Lipinski definition) is 6. The molecule has 1 aromatic heterocycles. The van der Waals surface area contributed by atoms with Gasteiger partial charge in [-0.05, 0) is 49.5 Å². The number of benzene rings is 1. The average molecular weight is 368 g/mol. The number of aliphatic hydroxyl groups is 1. The number of nitrogens with one attached hydrogen (secondary N) is 1. The lowest BCUT2D eigenvalue weighted by atomic mass is 9.92. The highest BCUT2D eigenvalue weighted by molar-refractivity contribution is 5.30. The maximum Gasteiger partial charge on any atom is 0.132 e. The first-order valence-electron chi connectivity index (χ1n) is 9.79. The molecule has 1 saturated heterocycles. The zero-order valence-electron chi connectivity index (χ0n) is 15.9. The highest BCUT2D eigenvalue weighted by Crippen LogP contribution is 2.24. The first-order valence-corrected chi connectivity index (χ1v) is 9.79. The van der Waals surface area contributed by atoms with Crippen LogP contribution in [0.2, 0.25) is 0 Å². The molecule has 0 aliphatic carbocycles. The minimum absolute atomic E-state index is 0.256. The molecule has 1 unspecified atom stereocenters. The van der Waals surface area contributed by atoms with E-state index in [9.17, 15) is 5.11 Å². The van der Waals surface area contributed by atoms with Gasteiger partial charge in [0.1, 0.15) is 11.6 Å². The summed E-state index contributed by atoms with van der Waals surface area (Å²) in [5.41, 5.74) is 3.46. The third kappa shape index (κ3) is 4.46. The number of β-amino-alcohol motifs (C(OH)–C–C–N with tert-alkyl or cyclic N) is 1. The fourth-order valence-electron chi connectivity index (χ4n) is 4.04. The summed E-state index contributed by atoms with van der Waals surface area (Å²) in [5, 5.41) is 13.9. The Morgan fingerprint density at radius 1 is 1.22 bits per heavy atom. The van der Waals surface area contributed by atoms with Crippen LogP contribution >= 0.6 is 0 Å². The van der Waals surface area contributed by atoms with E-state index < -0.39 is 0 Å².